The lowest BCUT2D eigenvalue weighted by molar-refractivity contribution is -0.157. The molecule has 0 rings (SSSR count). The molecule has 0 saturated carbocycles. The molecule has 1 atom stereocenters. The average Bonchev–Trinajstić information content (AvgIpc) is 3.24. The van der Waals surface area contributed by atoms with Crippen LogP contribution in [0.15, 0.2) is 134 Å². The largest absolute Gasteiger partial charge is 0.456 e. The molecule has 0 aromatic heterocycles. The van der Waals surface area contributed by atoms with E-state index in [-0.39, 0.29) is 18.2 Å². The van der Waals surface area contributed by atoms with Gasteiger partial charge in [-0.2, -0.15) is 0 Å². The van der Waals surface area contributed by atoms with Crippen LogP contribution in [0.1, 0.15) is 136 Å². The molecular weight excluding hydrogens is 737 g/mol. The van der Waals surface area contributed by atoms with E-state index >= 15 is 0 Å². The second-order valence-corrected chi connectivity index (χ2v) is 13.9. The van der Waals surface area contributed by atoms with Gasteiger partial charge in [-0.1, -0.05) is 148 Å². The Hall–Kier alpha value is -4.53. The molecule has 59 heavy (non-hydrogen) atoms. The summed E-state index contributed by atoms with van der Waals surface area (Å²) in [6.45, 7) is 3.72. The molecule has 0 bridgehead atoms. The van der Waals surface area contributed by atoms with Crippen LogP contribution in [0.2, 0.25) is 0 Å². The number of allylic oxidation sites excluding steroid dienone is 22. The molecule has 0 heterocycles. The van der Waals surface area contributed by atoms with Gasteiger partial charge in [0.15, 0.2) is 0 Å². The molecule has 2 amide bonds. The zero-order valence-corrected chi connectivity index (χ0v) is 36.4. The van der Waals surface area contributed by atoms with Crippen molar-refractivity contribution in [1.29, 1.82) is 0 Å². The number of hydrogen-bond acceptors (Lipinski definition) is 6. The summed E-state index contributed by atoms with van der Waals surface area (Å²) in [5, 5.41) is 24.4. The van der Waals surface area contributed by atoms with Crippen LogP contribution in [-0.2, 0) is 19.1 Å². The van der Waals surface area contributed by atoms with Crippen LogP contribution in [0.3, 0.4) is 0 Å². The SMILES string of the molecule is CC/C=C\C/C=C\C/C=C\C/C=C\C/C=C\C/C=C\CCC(=O)N[C@@H](CCCCNC(=O)CCC/C=C\C/C=C\C/C=C\C/C=C\C/C=C\CC)C(=O)OC(CO)CO. The van der Waals surface area contributed by atoms with E-state index < -0.39 is 31.3 Å². The normalized spacial score (nSPS) is 13.4. The molecule has 0 radical (unpaired) electrons. The van der Waals surface area contributed by atoms with Crippen LogP contribution in [0.25, 0.3) is 0 Å². The smallest absolute Gasteiger partial charge is 0.329 e. The van der Waals surface area contributed by atoms with Crippen LogP contribution in [0.5, 0.6) is 0 Å². The molecule has 0 aliphatic heterocycles. The molecule has 0 aromatic carbocycles. The van der Waals surface area contributed by atoms with E-state index in [9.17, 15) is 24.6 Å². The first-order valence-corrected chi connectivity index (χ1v) is 22.1. The van der Waals surface area contributed by atoms with Gasteiger partial charge >= 0.3 is 5.97 Å². The Morgan fingerprint density at radius 1 is 0.475 bits per heavy atom. The van der Waals surface area contributed by atoms with Crippen molar-refractivity contribution in [2.45, 2.75) is 148 Å². The maximum atomic E-state index is 12.8. The van der Waals surface area contributed by atoms with Crippen molar-refractivity contribution in [3.63, 3.8) is 0 Å². The molecule has 0 spiro atoms. The average molecular weight is 815 g/mol. The monoisotopic (exact) mass is 815 g/mol. The van der Waals surface area contributed by atoms with Gasteiger partial charge in [-0.3, -0.25) is 9.59 Å². The van der Waals surface area contributed by atoms with E-state index in [2.05, 4.69) is 146 Å². The van der Waals surface area contributed by atoms with Crippen LogP contribution in [0, 0.1) is 0 Å². The van der Waals surface area contributed by atoms with Crippen LogP contribution in [-0.4, -0.2) is 59.9 Å². The fourth-order valence-corrected chi connectivity index (χ4v) is 5.29. The molecule has 328 valence electrons. The standard InChI is InChI=1S/C51H78N2O6/c1-3-5-7-9-11-13-15-17-19-21-22-24-26-28-30-32-34-36-38-43-50(57)53-48(51(58)59-47(45-54)46-55)41-39-40-44-52-49(56)42-37-35-33-31-29-27-25-23-20-18-16-14-12-10-8-6-4-2/h5-8,11-14,17-20,22,24-25,27-28,30-31,33-34,36,47-48,54-55H,3-4,9-10,15-16,21,23,26,29,32,35,37-46H2,1-2H3,(H,52,56)(H,53,57)/b7-5-,8-6-,13-11-,14-12-,19-17-,20-18-,24-22-,27-25-,30-28-,33-31-,36-34-/t48-/m0/s1. The zero-order valence-electron chi connectivity index (χ0n) is 36.4. The molecule has 4 N–H and O–H groups in total. The highest BCUT2D eigenvalue weighted by atomic mass is 16.6. The highest BCUT2D eigenvalue weighted by Crippen LogP contribution is 2.07. The Balaban J connectivity index is 4.31. The summed E-state index contributed by atoms with van der Waals surface area (Å²) in [6.07, 6.45) is 61.0. The number of unbranched alkanes of at least 4 members (excludes halogenated alkanes) is 2. The van der Waals surface area contributed by atoms with Crippen molar-refractivity contribution in [1.82, 2.24) is 10.6 Å². The van der Waals surface area contributed by atoms with Gasteiger partial charge in [-0.25, -0.2) is 4.79 Å². The van der Waals surface area contributed by atoms with Crippen molar-refractivity contribution in [2.24, 2.45) is 0 Å². The summed E-state index contributed by atoms with van der Waals surface area (Å²) in [5.74, 6) is -0.985. The van der Waals surface area contributed by atoms with Gasteiger partial charge in [-0.15, -0.1) is 0 Å². The van der Waals surface area contributed by atoms with Gasteiger partial charge in [-0.05, 0) is 109 Å². The van der Waals surface area contributed by atoms with E-state index in [0.29, 0.717) is 38.6 Å². The topological polar surface area (TPSA) is 125 Å². The number of carbonyl (C=O) groups is 3. The lowest BCUT2D eigenvalue weighted by Crippen LogP contribution is -2.44. The number of aliphatic hydroxyl groups excluding tert-OH is 2. The summed E-state index contributed by atoms with van der Waals surface area (Å²) in [5.41, 5.74) is 0. The van der Waals surface area contributed by atoms with E-state index in [1.54, 1.807) is 0 Å². The number of rotatable bonds is 37. The van der Waals surface area contributed by atoms with Gasteiger partial charge in [0, 0.05) is 19.4 Å². The minimum absolute atomic E-state index is 0.00949. The first-order valence-electron chi connectivity index (χ1n) is 22.1. The van der Waals surface area contributed by atoms with E-state index in [4.69, 9.17) is 4.74 Å². The predicted molar refractivity (Wildman–Crippen MR) is 249 cm³/mol. The molecule has 0 aromatic rings. The van der Waals surface area contributed by atoms with Crippen molar-refractivity contribution >= 4 is 17.8 Å². The molecule has 0 aliphatic rings. The Kier molecular flexibility index (Phi) is 41.1. The van der Waals surface area contributed by atoms with Crippen LogP contribution in [0.4, 0.5) is 0 Å². The number of hydrogen-bond donors (Lipinski definition) is 4. The predicted octanol–water partition coefficient (Wildman–Crippen LogP) is 11.1. The second kappa shape index (κ2) is 44.6. The number of amides is 2. The fraction of sp³-hybridized carbons (Fsp3) is 0.510. The van der Waals surface area contributed by atoms with E-state index in [1.807, 2.05) is 12.2 Å². The molecule has 8 heteroatoms. The summed E-state index contributed by atoms with van der Waals surface area (Å²) in [7, 11) is 0. The zero-order chi connectivity index (χ0) is 43.1. The number of aliphatic hydroxyl groups is 2. The highest BCUT2D eigenvalue weighted by Gasteiger charge is 2.24. The molecular formula is C51H78N2O6. The first-order chi connectivity index (χ1) is 29.0. The van der Waals surface area contributed by atoms with E-state index in [0.717, 1.165) is 83.5 Å². The minimum Gasteiger partial charge on any atom is -0.456 e. The highest BCUT2D eigenvalue weighted by molar-refractivity contribution is 5.84. The summed E-state index contributed by atoms with van der Waals surface area (Å²) in [6, 6.07) is -0.910. The van der Waals surface area contributed by atoms with Crippen LogP contribution < -0.4 is 10.6 Å². The van der Waals surface area contributed by atoms with Crippen molar-refractivity contribution in [3.8, 4) is 0 Å². The van der Waals surface area contributed by atoms with Gasteiger partial charge in [0.1, 0.15) is 12.1 Å². The van der Waals surface area contributed by atoms with Gasteiger partial charge in [0.05, 0.1) is 13.2 Å². The lowest BCUT2D eigenvalue weighted by atomic mass is 10.1. The first kappa shape index (κ1) is 54.5. The van der Waals surface area contributed by atoms with Crippen molar-refractivity contribution in [2.75, 3.05) is 19.8 Å². The Morgan fingerprint density at radius 2 is 0.864 bits per heavy atom. The summed E-state index contributed by atoms with van der Waals surface area (Å²) in [4.78, 5) is 37.8. The fourth-order valence-electron chi connectivity index (χ4n) is 5.29. The van der Waals surface area contributed by atoms with Gasteiger partial charge in [0.2, 0.25) is 11.8 Å². The molecule has 8 nitrogen and oxygen atoms in total. The van der Waals surface area contributed by atoms with Crippen molar-refractivity contribution in [3.05, 3.63) is 134 Å². The minimum atomic E-state index is -1.05. The number of carbonyl (C=O) groups excluding carboxylic acids is 3. The quantitative estimate of drug-likeness (QED) is 0.0281. The maximum Gasteiger partial charge on any atom is 0.329 e. The van der Waals surface area contributed by atoms with Gasteiger partial charge in [0.25, 0.3) is 0 Å². The summed E-state index contributed by atoms with van der Waals surface area (Å²) < 4.78 is 5.20. The molecule has 0 fully saturated rings. The molecule has 0 unspecified atom stereocenters. The third-order valence-electron chi connectivity index (χ3n) is 8.62. The lowest BCUT2D eigenvalue weighted by Gasteiger charge is -2.20. The third-order valence-corrected chi connectivity index (χ3v) is 8.62. The Labute approximate surface area is 358 Å². The Morgan fingerprint density at radius 3 is 1.27 bits per heavy atom. The van der Waals surface area contributed by atoms with E-state index in [1.165, 1.54) is 0 Å². The maximum absolute atomic E-state index is 12.8. The molecule has 0 aliphatic carbocycles. The Bertz CT molecular complexity index is 1370. The molecule has 0 saturated heterocycles. The van der Waals surface area contributed by atoms with Crippen LogP contribution >= 0.6 is 0 Å². The number of nitrogens with one attached hydrogen (secondary N) is 2. The number of ether oxygens (including phenoxy) is 1. The summed E-state index contributed by atoms with van der Waals surface area (Å²) >= 11 is 0. The number of esters is 1. The van der Waals surface area contributed by atoms with Crippen molar-refractivity contribution < 1.29 is 29.3 Å². The second-order valence-electron chi connectivity index (χ2n) is 13.9. The third kappa shape index (κ3) is 40.1. The van der Waals surface area contributed by atoms with Gasteiger partial charge < -0.3 is 25.6 Å².